The molecule has 4 atom stereocenters. The van der Waals surface area contributed by atoms with Gasteiger partial charge in [-0.2, -0.15) is 0 Å². The van der Waals surface area contributed by atoms with Gasteiger partial charge in [-0.3, -0.25) is 0 Å². The number of halogens is 4. The molecule has 0 nitrogen and oxygen atoms in total. The predicted molar refractivity (Wildman–Crippen MR) is 68.9 cm³/mol. The predicted octanol–water partition coefficient (Wildman–Crippen LogP) is 4.91. The van der Waals surface area contributed by atoms with Crippen LogP contribution in [-0.2, 0) is 0 Å². The lowest BCUT2D eigenvalue weighted by Gasteiger charge is -2.45. The number of allylic oxidation sites excluding steroid dienone is 1. The Balaban J connectivity index is 2.89. The number of rotatable bonds is 1. The van der Waals surface area contributed by atoms with Crippen molar-refractivity contribution in [1.82, 2.24) is 0 Å². The number of alkyl halides is 3. The summed E-state index contributed by atoms with van der Waals surface area (Å²) in [5.41, 5.74) is 1.43. The minimum atomic E-state index is -0.253. The molecule has 0 spiro atoms. The van der Waals surface area contributed by atoms with Crippen molar-refractivity contribution in [3.8, 4) is 0 Å². The highest BCUT2D eigenvalue weighted by atomic mass is 79.9. The Morgan fingerprint density at radius 3 is 2.50 bits per heavy atom. The van der Waals surface area contributed by atoms with Crippen LogP contribution in [0.15, 0.2) is 11.6 Å². The SMILES string of the molecule is C[C@@]1(Cl)C[C@@](C)(/C=C/Cl)[C@H](Cl)C[C@@H]1Br. The molecule has 0 unspecified atom stereocenters. The molecule has 1 aliphatic rings. The topological polar surface area (TPSA) is 0 Å². The van der Waals surface area contributed by atoms with Gasteiger partial charge in [-0.25, -0.2) is 0 Å². The van der Waals surface area contributed by atoms with Crippen molar-refractivity contribution in [2.45, 2.75) is 41.8 Å². The van der Waals surface area contributed by atoms with Crippen molar-refractivity contribution in [3.05, 3.63) is 11.6 Å². The van der Waals surface area contributed by atoms with E-state index in [-0.39, 0.29) is 20.5 Å². The molecule has 0 saturated heterocycles. The molecule has 0 N–H and O–H groups in total. The minimum Gasteiger partial charge on any atom is -0.122 e. The molecule has 1 aliphatic carbocycles. The van der Waals surface area contributed by atoms with E-state index in [0.29, 0.717) is 0 Å². The summed E-state index contributed by atoms with van der Waals surface area (Å²) in [5.74, 6) is 0. The zero-order valence-electron chi connectivity index (χ0n) is 8.24. The van der Waals surface area contributed by atoms with E-state index in [1.54, 1.807) is 0 Å². The van der Waals surface area contributed by atoms with Crippen LogP contribution in [0.2, 0.25) is 0 Å². The normalized spacial score (nSPS) is 49.9. The van der Waals surface area contributed by atoms with Gasteiger partial charge in [-0.05, 0) is 19.8 Å². The van der Waals surface area contributed by atoms with Gasteiger partial charge in [0, 0.05) is 21.2 Å². The first kappa shape index (κ1) is 13.2. The van der Waals surface area contributed by atoms with Crippen LogP contribution < -0.4 is 0 Å². The summed E-state index contributed by atoms with van der Waals surface area (Å²) >= 11 is 22.0. The van der Waals surface area contributed by atoms with Crippen LogP contribution in [0.5, 0.6) is 0 Å². The molecule has 0 heterocycles. The van der Waals surface area contributed by atoms with E-state index < -0.39 is 0 Å². The van der Waals surface area contributed by atoms with Gasteiger partial charge in [-0.1, -0.05) is 40.5 Å². The van der Waals surface area contributed by atoms with Crippen molar-refractivity contribution >= 4 is 50.7 Å². The Hall–Kier alpha value is 1.09. The van der Waals surface area contributed by atoms with Gasteiger partial charge < -0.3 is 0 Å². The van der Waals surface area contributed by atoms with Crippen LogP contribution >= 0.6 is 50.7 Å². The molecule has 0 radical (unpaired) electrons. The number of hydrogen-bond donors (Lipinski definition) is 0. The Morgan fingerprint density at radius 2 is 2.00 bits per heavy atom. The van der Waals surface area contributed by atoms with Crippen molar-refractivity contribution < 1.29 is 0 Å². The highest BCUT2D eigenvalue weighted by Crippen LogP contribution is 2.50. The first-order chi connectivity index (χ1) is 6.32. The van der Waals surface area contributed by atoms with Gasteiger partial charge in [0.15, 0.2) is 0 Å². The third-order valence-corrected chi connectivity index (χ3v) is 5.80. The van der Waals surface area contributed by atoms with Crippen molar-refractivity contribution in [2.75, 3.05) is 0 Å². The molecule has 82 valence electrons. The molecule has 1 saturated carbocycles. The molecule has 0 amide bonds. The Kier molecular flexibility index (Phi) is 4.26. The molecule has 0 aromatic carbocycles. The standard InChI is InChI=1S/C10H14BrCl3/c1-9(3-4-12)6-10(2,14)7(11)5-8(9)13/h3-4,7-8H,5-6H2,1-2H3/b4-3+/t7-,8+,9+,10+/m0/s1. The molecule has 0 bridgehead atoms. The molecular formula is C10H14BrCl3. The maximum atomic E-state index is 6.43. The summed E-state index contributed by atoms with van der Waals surface area (Å²) in [6.45, 7) is 4.14. The largest absolute Gasteiger partial charge is 0.122 e. The van der Waals surface area contributed by atoms with Crippen molar-refractivity contribution in [2.24, 2.45) is 5.41 Å². The van der Waals surface area contributed by atoms with Gasteiger partial charge in [0.05, 0.1) is 4.87 Å². The Labute approximate surface area is 109 Å². The fourth-order valence-corrected chi connectivity index (χ4v) is 3.71. The average molecular weight is 320 g/mol. The maximum absolute atomic E-state index is 6.43. The van der Waals surface area contributed by atoms with Gasteiger partial charge >= 0.3 is 0 Å². The van der Waals surface area contributed by atoms with E-state index in [9.17, 15) is 0 Å². The second kappa shape index (κ2) is 4.53. The summed E-state index contributed by atoms with van der Waals surface area (Å²) in [6, 6.07) is 0. The fraction of sp³-hybridized carbons (Fsp3) is 0.800. The zero-order valence-corrected chi connectivity index (χ0v) is 12.1. The summed E-state index contributed by atoms with van der Waals surface area (Å²) in [6.07, 6.45) is 3.64. The Morgan fingerprint density at radius 1 is 1.43 bits per heavy atom. The fourth-order valence-electron chi connectivity index (χ4n) is 1.97. The van der Waals surface area contributed by atoms with Crippen LogP contribution in [0.3, 0.4) is 0 Å². The summed E-state index contributed by atoms with van der Waals surface area (Å²) < 4.78 is 0. The van der Waals surface area contributed by atoms with Gasteiger partial charge in [0.1, 0.15) is 0 Å². The quantitative estimate of drug-likeness (QED) is 0.602. The molecule has 4 heteroatoms. The molecule has 0 aliphatic heterocycles. The molecule has 14 heavy (non-hydrogen) atoms. The van der Waals surface area contributed by atoms with E-state index in [0.717, 1.165) is 12.8 Å². The van der Waals surface area contributed by atoms with E-state index in [1.807, 2.05) is 13.0 Å². The van der Waals surface area contributed by atoms with E-state index in [1.165, 1.54) is 5.54 Å². The van der Waals surface area contributed by atoms with Crippen LogP contribution in [0.25, 0.3) is 0 Å². The van der Waals surface area contributed by atoms with Crippen LogP contribution in [0.4, 0.5) is 0 Å². The molecule has 1 rings (SSSR count). The lowest BCUT2D eigenvalue weighted by atomic mass is 9.70. The van der Waals surface area contributed by atoms with Gasteiger partial charge in [0.25, 0.3) is 0 Å². The highest BCUT2D eigenvalue weighted by Gasteiger charge is 2.47. The lowest BCUT2D eigenvalue weighted by molar-refractivity contribution is 0.258. The monoisotopic (exact) mass is 318 g/mol. The summed E-state index contributed by atoms with van der Waals surface area (Å²) in [5, 5.41) is 0.0775. The van der Waals surface area contributed by atoms with Crippen LogP contribution in [-0.4, -0.2) is 15.1 Å². The molecule has 0 aromatic heterocycles. The summed E-state index contributed by atoms with van der Waals surface area (Å²) in [7, 11) is 0. The second-order valence-electron chi connectivity index (χ2n) is 4.42. The van der Waals surface area contributed by atoms with E-state index >= 15 is 0 Å². The highest BCUT2D eigenvalue weighted by molar-refractivity contribution is 9.09. The van der Waals surface area contributed by atoms with Crippen LogP contribution in [0.1, 0.15) is 26.7 Å². The Bertz CT molecular complexity index is 240. The van der Waals surface area contributed by atoms with E-state index in [4.69, 9.17) is 34.8 Å². The minimum absolute atomic E-state index is 0.0775. The number of hydrogen-bond acceptors (Lipinski definition) is 0. The lowest BCUT2D eigenvalue weighted by Crippen LogP contribution is -2.46. The molecule has 1 fully saturated rings. The second-order valence-corrected chi connectivity index (χ2v) is 7.17. The first-order valence-electron chi connectivity index (χ1n) is 4.57. The van der Waals surface area contributed by atoms with Crippen LogP contribution in [0, 0.1) is 5.41 Å². The van der Waals surface area contributed by atoms with Gasteiger partial charge in [-0.15, -0.1) is 23.2 Å². The average Bonchev–Trinajstić information content (AvgIpc) is 2.01. The third-order valence-electron chi connectivity index (χ3n) is 2.95. The third kappa shape index (κ3) is 2.61. The first-order valence-corrected chi connectivity index (χ1v) is 6.73. The maximum Gasteiger partial charge on any atom is 0.0552 e. The van der Waals surface area contributed by atoms with Crippen molar-refractivity contribution in [3.63, 3.8) is 0 Å². The smallest absolute Gasteiger partial charge is 0.0552 e. The zero-order chi connectivity index (χ0) is 11.0. The molecule has 0 aromatic rings. The molecular weight excluding hydrogens is 306 g/mol. The van der Waals surface area contributed by atoms with Gasteiger partial charge in [0.2, 0.25) is 0 Å². The van der Waals surface area contributed by atoms with E-state index in [2.05, 4.69) is 22.9 Å². The van der Waals surface area contributed by atoms with Crippen molar-refractivity contribution in [1.29, 1.82) is 0 Å². The summed E-state index contributed by atoms with van der Waals surface area (Å²) in [4.78, 5) is 0.00672.